The van der Waals surface area contributed by atoms with Crippen LogP contribution in [-0.4, -0.2) is 33.8 Å². The molecular formula is C11H20N2O2S. The molecule has 0 radical (unpaired) electrons. The van der Waals surface area contributed by atoms with Gasteiger partial charge in [-0.3, -0.25) is 0 Å². The van der Waals surface area contributed by atoms with Crippen molar-refractivity contribution in [2.75, 3.05) is 25.4 Å². The van der Waals surface area contributed by atoms with Gasteiger partial charge in [-0.15, -0.1) is 0 Å². The molecule has 2 aliphatic rings. The van der Waals surface area contributed by atoms with E-state index < -0.39 is 10.0 Å². The molecule has 2 rings (SSSR count). The first-order chi connectivity index (χ1) is 7.66. The van der Waals surface area contributed by atoms with Crippen molar-refractivity contribution in [3.8, 4) is 0 Å². The number of nitrogens with one attached hydrogen (secondary N) is 2. The third kappa shape index (κ3) is 4.23. The fourth-order valence-electron chi connectivity index (χ4n) is 1.92. The van der Waals surface area contributed by atoms with E-state index >= 15 is 0 Å². The van der Waals surface area contributed by atoms with E-state index in [1.807, 2.05) is 0 Å². The van der Waals surface area contributed by atoms with Gasteiger partial charge in [-0.1, -0.05) is 11.6 Å². The molecule has 0 atom stereocenters. The Balaban J connectivity index is 1.68. The molecule has 0 aromatic rings. The van der Waals surface area contributed by atoms with E-state index in [2.05, 4.69) is 16.1 Å². The van der Waals surface area contributed by atoms with Crippen LogP contribution in [0.4, 0.5) is 0 Å². The van der Waals surface area contributed by atoms with Gasteiger partial charge in [0.25, 0.3) is 0 Å². The summed E-state index contributed by atoms with van der Waals surface area (Å²) in [6, 6.07) is 0. The predicted octanol–water partition coefficient (Wildman–Crippen LogP) is 0.626. The van der Waals surface area contributed by atoms with Crippen LogP contribution in [0.2, 0.25) is 0 Å². The first-order valence-corrected chi connectivity index (χ1v) is 7.67. The number of rotatable bonds is 6. The van der Waals surface area contributed by atoms with Crippen molar-refractivity contribution in [3.63, 3.8) is 0 Å². The van der Waals surface area contributed by atoms with Crippen LogP contribution in [0.25, 0.3) is 0 Å². The Bertz CT molecular complexity index is 358. The number of sulfonamides is 1. The molecule has 0 amide bonds. The average molecular weight is 244 g/mol. The minimum atomic E-state index is -3.01. The van der Waals surface area contributed by atoms with E-state index in [1.165, 1.54) is 5.57 Å². The lowest BCUT2D eigenvalue weighted by Gasteiger charge is -2.14. The molecule has 2 N–H and O–H groups in total. The maximum absolute atomic E-state index is 11.6. The van der Waals surface area contributed by atoms with Gasteiger partial charge in [0.2, 0.25) is 10.0 Å². The molecule has 4 nitrogen and oxygen atoms in total. The molecule has 92 valence electrons. The first-order valence-electron chi connectivity index (χ1n) is 6.02. The zero-order chi connectivity index (χ0) is 11.4. The van der Waals surface area contributed by atoms with Crippen LogP contribution in [0.15, 0.2) is 11.6 Å². The van der Waals surface area contributed by atoms with E-state index in [9.17, 15) is 8.42 Å². The zero-order valence-electron chi connectivity index (χ0n) is 9.54. The summed E-state index contributed by atoms with van der Waals surface area (Å²) >= 11 is 0. The fraction of sp³-hybridized carbons (Fsp3) is 0.818. The van der Waals surface area contributed by atoms with Crippen LogP contribution < -0.4 is 10.0 Å². The molecule has 0 bridgehead atoms. The Morgan fingerprint density at radius 1 is 1.44 bits per heavy atom. The highest BCUT2D eigenvalue weighted by molar-refractivity contribution is 7.89. The normalized spacial score (nSPS) is 21.9. The Morgan fingerprint density at radius 3 is 2.88 bits per heavy atom. The summed E-state index contributed by atoms with van der Waals surface area (Å²) in [5, 5.41) is 3.24. The van der Waals surface area contributed by atoms with Crippen LogP contribution >= 0.6 is 0 Å². The topological polar surface area (TPSA) is 58.2 Å². The van der Waals surface area contributed by atoms with Crippen molar-refractivity contribution in [2.45, 2.75) is 25.7 Å². The average Bonchev–Trinajstić information content (AvgIpc) is 3.02. The highest BCUT2D eigenvalue weighted by Gasteiger charge is 2.27. The monoisotopic (exact) mass is 244 g/mol. The third-order valence-electron chi connectivity index (χ3n) is 3.08. The van der Waals surface area contributed by atoms with E-state index in [0.717, 1.165) is 38.8 Å². The van der Waals surface area contributed by atoms with Gasteiger partial charge in [-0.25, -0.2) is 13.1 Å². The molecule has 1 fully saturated rings. The molecule has 1 saturated carbocycles. The molecule has 1 aliphatic heterocycles. The van der Waals surface area contributed by atoms with E-state index in [4.69, 9.17) is 0 Å². The van der Waals surface area contributed by atoms with Gasteiger partial charge < -0.3 is 5.32 Å². The SMILES string of the molecule is O=S(=O)(CC1CC1)NCCC1=CCNCC1. The van der Waals surface area contributed by atoms with E-state index in [-0.39, 0.29) is 0 Å². The van der Waals surface area contributed by atoms with Crippen molar-refractivity contribution < 1.29 is 8.42 Å². The molecule has 1 aliphatic carbocycles. The Kier molecular flexibility index (Phi) is 4.00. The summed E-state index contributed by atoms with van der Waals surface area (Å²) in [7, 11) is -3.01. The smallest absolute Gasteiger partial charge is 0.211 e. The Morgan fingerprint density at radius 2 is 2.25 bits per heavy atom. The van der Waals surface area contributed by atoms with Crippen molar-refractivity contribution in [2.24, 2.45) is 5.92 Å². The third-order valence-corrected chi connectivity index (χ3v) is 4.63. The van der Waals surface area contributed by atoms with E-state index in [1.54, 1.807) is 0 Å². The summed E-state index contributed by atoms with van der Waals surface area (Å²) in [4.78, 5) is 0. The molecule has 1 heterocycles. The van der Waals surface area contributed by atoms with Gasteiger partial charge >= 0.3 is 0 Å². The van der Waals surface area contributed by atoms with Gasteiger partial charge in [0.1, 0.15) is 0 Å². The standard InChI is InChI=1S/C11H20N2O2S/c14-16(15,9-11-1-2-11)13-8-5-10-3-6-12-7-4-10/h3,11-13H,1-2,4-9H2. The van der Waals surface area contributed by atoms with Gasteiger partial charge in [0, 0.05) is 13.1 Å². The molecule has 5 heteroatoms. The summed E-state index contributed by atoms with van der Waals surface area (Å²) < 4.78 is 25.8. The Hall–Kier alpha value is -0.390. The second kappa shape index (κ2) is 5.29. The largest absolute Gasteiger partial charge is 0.313 e. The lowest BCUT2D eigenvalue weighted by atomic mass is 10.1. The Labute approximate surface area is 97.5 Å². The molecule has 16 heavy (non-hydrogen) atoms. The van der Waals surface area contributed by atoms with Crippen LogP contribution in [0.5, 0.6) is 0 Å². The minimum absolute atomic E-state index is 0.327. The predicted molar refractivity (Wildman–Crippen MR) is 64.7 cm³/mol. The van der Waals surface area contributed by atoms with Crippen molar-refractivity contribution >= 4 is 10.0 Å². The summed E-state index contributed by atoms with van der Waals surface area (Å²) in [6.45, 7) is 2.49. The maximum atomic E-state index is 11.6. The van der Waals surface area contributed by atoms with Gasteiger partial charge in [0.15, 0.2) is 0 Å². The van der Waals surface area contributed by atoms with Crippen LogP contribution in [0.3, 0.4) is 0 Å². The molecule has 0 spiro atoms. The highest BCUT2D eigenvalue weighted by atomic mass is 32.2. The number of hydrogen-bond acceptors (Lipinski definition) is 3. The highest BCUT2D eigenvalue weighted by Crippen LogP contribution is 2.29. The quantitative estimate of drug-likeness (QED) is 0.674. The lowest BCUT2D eigenvalue weighted by Crippen LogP contribution is -2.29. The second-order valence-corrected chi connectivity index (χ2v) is 6.54. The van der Waals surface area contributed by atoms with E-state index in [0.29, 0.717) is 18.2 Å². The molecular weight excluding hydrogens is 224 g/mol. The number of hydrogen-bond donors (Lipinski definition) is 2. The minimum Gasteiger partial charge on any atom is -0.313 e. The van der Waals surface area contributed by atoms with Gasteiger partial charge in [0.05, 0.1) is 5.75 Å². The van der Waals surface area contributed by atoms with Crippen molar-refractivity contribution in [3.05, 3.63) is 11.6 Å². The summed E-state index contributed by atoms with van der Waals surface area (Å²) in [6.07, 6.45) is 6.23. The molecule has 0 saturated heterocycles. The molecule has 0 unspecified atom stereocenters. The lowest BCUT2D eigenvalue weighted by molar-refractivity contribution is 0.576. The fourth-order valence-corrected chi connectivity index (χ4v) is 3.40. The van der Waals surface area contributed by atoms with Crippen molar-refractivity contribution in [1.82, 2.24) is 10.0 Å². The molecule has 0 aromatic heterocycles. The van der Waals surface area contributed by atoms with Gasteiger partial charge in [-0.05, 0) is 38.1 Å². The van der Waals surface area contributed by atoms with Gasteiger partial charge in [-0.2, -0.15) is 0 Å². The van der Waals surface area contributed by atoms with Crippen molar-refractivity contribution in [1.29, 1.82) is 0 Å². The maximum Gasteiger partial charge on any atom is 0.211 e. The summed E-state index contributed by atoms with van der Waals surface area (Å²) in [5.41, 5.74) is 1.37. The van der Waals surface area contributed by atoms with Crippen LogP contribution in [0.1, 0.15) is 25.7 Å². The zero-order valence-corrected chi connectivity index (χ0v) is 10.4. The molecule has 0 aromatic carbocycles. The summed E-state index contributed by atoms with van der Waals surface area (Å²) in [5.74, 6) is 0.753. The second-order valence-electron chi connectivity index (χ2n) is 4.69. The van der Waals surface area contributed by atoms with Crippen LogP contribution in [0, 0.1) is 5.92 Å². The first kappa shape index (κ1) is 12.1. The van der Waals surface area contributed by atoms with Crippen LogP contribution in [-0.2, 0) is 10.0 Å².